The van der Waals surface area contributed by atoms with Gasteiger partial charge in [0, 0.05) is 73.9 Å². The summed E-state index contributed by atoms with van der Waals surface area (Å²) in [6.07, 6.45) is 5.19. The Labute approximate surface area is 331 Å². The Kier molecular flexibility index (Phi) is 11.9. The van der Waals surface area contributed by atoms with Crippen LogP contribution in [0.15, 0.2) is 48.8 Å². The third-order valence-corrected chi connectivity index (χ3v) is 11.6. The fraction of sp³-hybridized carbons (Fsp3) is 0.488. The van der Waals surface area contributed by atoms with Gasteiger partial charge in [-0.1, -0.05) is 24.3 Å². The Morgan fingerprint density at radius 3 is 1.82 bits per heavy atom. The van der Waals surface area contributed by atoms with Crippen molar-refractivity contribution in [2.45, 2.75) is 82.5 Å². The van der Waals surface area contributed by atoms with Crippen LogP contribution in [0.5, 0.6) is 0 Å². The second kappa shape index (κ2) is 17.1. The number of methoxy groups -OCH3 is 4. The van der Waals surface area contributed by atoms with E-state index in [1.165, 1.54) is 14.2 Å². The van der Waals surface area contributed by atoms with E-state index in [4.69, 9.17) is 34.6 Å². The number of carbonyl (C=O) groups excluding carboxylic acids is 3. The van der Waals surface area contributed by atoms with E-state index in [0.717, 1.165) is 75.8 Å². The number of nitrogens with one attached hydrogen (secondary N) is 3. The topological polar surface area (TPSA) is 195 Å². The second-order valence-corrected chi connectivity index (χ2v) is 14.9. The number of fused-ring (bicyclic) bond motifs is 3. The van der Waals surface area contributed by atoms with Gasteiger partial charge in [-0.05, 0) is 51.7 Å². The highest BCUT2D eigenvalue weighted by Gasteiger charge is 2.39. The molecule has 0 radical (unpaired) electrons. The number of carbonyl (C=O) groups is 3. The molecule has 0 spiro atoms. The molecule has 57 heavy (non-hydrogen) atoms. The van der Waals surface area contributed by atoms with Gasteiger partial charge in [0.05, 0.1) is 61.8 Å². The fourth-order valence-corrected chi connectivity index (χ4v) is 8.21. The summed E-state index contributed by atoms with van der Waals surface area (Å²) in [4.78, 5) is 59.2. The molecule has 2 aromatic carbocycles. The number of hydrogen-bond acceptors (Lipinski definition) is 10. The van der Waals surface area contributed by atoms with Gasteiger partial charge in [-0.25, -0.2) is 14.8 Å². The van der Waals surface area contributed by atoms with Crippen LogP contribution in [-0.4, -0.2) is 125 Å². The molecule has 0 bridgehead atoms. The maximum Gasteiger partial charge on any atom is 0.407 e. The van der Waals surface area contributed by atoms with Gasteiger partial charge in [-0.15, -0.1) is 0 Å². The number of ether oxygens (including phenoxy) is 4. The maximum absolute atomic E-state index is 13.8. The summed E-state index contributed by atoms with van der Waals surface area (Å²) in [6.45, 7) is 5.85. The monoisotopic (exact) mass is 783 g/mol. The molecular weight excluding hydrogens is 731 g/mol. The van der Waals surface area contributed by atoms with Crippen LogP contribution in [0.3, 0.4) is 0 Å². The van der Waals surface area contributed by atoms with Gasteiger partial charge in [0.2, 0.25) is 11.8 Å². The van der Waals surface area contributed by atoms with Gasteiger partial charge in [-0.2, -0.15) is 0 Å². The van der Waals surface area contributed by atoms with Crippen molar-refractivity contribution in [1.82, 2.24) is 39.6 Å². The maximum atomic E-state index is 13.8. The molecular formula is C41H53N9O7. The van der Waals surface area contributed by atoms with Crippen LogP contribution in [0.25, 0.3) is 44.3 Å². The molecule has 3 amide bonds. The highest BCUT2D eigenvalue weighted by molar-refractivity contribution is 6.10. The van der Waals surface area contributed by atoms with E-state index >= 15 is 0 Å². The van der Waals surface area contributed by atoms with E-state index < -0.39 is 30.4 Å². The first-order chi connectivity index (χ1) is 27.6. The van der Waals surface area contributed by atoms with E-state index in [0.29, 0.717) is 32.1 Å². The third kappa shape index (κ3) is 7.74. The van der Waals surface area contributed by atoms with Crippen molar-refractivity contribution in [1.29, 1.82) is 0 Å². The summed E-state index contributed by atoms with van der Waals surface area (Å²) in [5, 5.41) is 4.85. The van der Waals surface area contributed by atoms with Crippen molar-refractivity contribution >= 4 is 39.7 Å². The minimum Gasteiger partial charge on any atom is -0.453 e. The van der Waals surface area contributed by atoms with Crippen LogP contribution in [0, 0.1) is 0 Å². The Balaban J connectivity index is 1.17. The van der Waals surface area contributed by atoms with Gasteiger partial charge in [0.15, 0.2) is 0 Å². The van der Waals surface area contributed by atoms with Gasteiger partial charge in [0.25, 0.3) is 0 Å². The first kappa shape index (κ1) is 39.9. The first-order valence-corrected chi connectivity index (χ1v) is 19.5. The molecule has 2 aliphatic rings. The second-order valence-electron chi connectivity index (χ2n) is 14.9. The van der Waals surface area contributed by atoms with Crippen LogP contribution < -0.4 is 11.1 Å². The smallest absolute Gasteiger partial charge is 0.407 e. The highest BCUT2D eigenvalue weighted by atomic mass is 16.5. The van der Waals surface area contributed by atoms with Crippen LogP contribution in [0.2, 0.25) is 0 Å². The van der Waals surface area contributed by atoms with Crippen LogP contribution in [-0.2, 0) is 35.1 Å². The van der Waals surface area contributed by atoms with Crippen molar-refractivity contribution < 1.29 is 33.3 Å². The Hall–Kier alpha value is -5.29. The van der Waals surface area contributed by atoms with E-state index in [1.54, 1.807) is 39.2 Å². The third-order valence-electron chi connectivity index (χ3n) is 11.6. The van der Waals surface area contributed by atoms with Crippen molar-refractivity contribution in [2.75, 3.05) is 48.1 Å². The molecule has 0 unspecified atom stereocenters. The van der Waals surface area contributed by atoms with Gasteiger partial charge >= 0.3 is 6.09 Å². The molecule has 7 rings (SSSR count). The van der Waals surface area contributed by atoms with E-state index in [1.807, 2.05) is 11.1 Å². The molecule has 5 aromatic rings. The van der Waals surface area contributed by atoms with E-state index in [-0.39, 0.29) is 23.9 Å². The predicted octanol–water partition coefficient (Wildman–Crippen LogP) is 4.67. The summed E-state index contributed by atoms with van der Waals surface area (Å²) >= 11 is 0. The molecule has 0 saturated carbocycles. The van der Waals surface area contributed by atoms with Crippen LogP contribution in [0.4, 0.5) is 4.79 Å². The summed E-state index contributed by atoms with van der Waals surface area (Å²) < 4.78 is 23.4. The van der Waals surface area contributed by atoms with Crippen LogP contribution >= 0.6 is 0 Å². The molecule has 304 valence electrons. The summed E-state index contributed by atoms with van der Waals surface area (Å²) in [7, 11) is 6.02. The van der Waals surface area contributed by atoms with Crippen molar-refractivity contribution in [3.8, 4) is 22.5 Å². The fourth-order valence-electron chi connectivity index (χ4n) is 8.21. The number of aromatic amines is 2. The van der Waals surface area contributed by atoms with Crippen molar-refractivity contribution in [2.24, 2.45) is 5.73 Å². The van der Waals surface area contributed by atoms with E-state index in [9.17, 15) is 14.4 Å². The Morgan fingerprint density at radius 2 is 1.33 bits per heavy atom. The number of rotatable bonds is 14. The zero-order valence-electron chi connectivity index (χ0n) is 33.4. The number of nitrogens with two attached hydrogens (primary N) is 1. The molecule has 16 nitrogen and oxygen atoms in total. The highest BCUT2D eigenvalue weighted by Crippen LogP contribution is 2.37. The average molecular weight is 784 g/mol. The lowest BCUT2D eigenvalue weighted by atomic mass is 10.1. The molecule has 2 saturated heterocycles. The number of aromatic nitrogens is 5. The normalized spacial score (nSPS) is 19.3. The lowest BCUT2D eigenvalue weighted by Crippen LogP contribution is -2.54. The van der Waals surface area contributed by atoms with Gasteiger partial charge < -0.3 is 54.3 Å². The predicted molar refractivity (Wildman–Crippen MR) is 214 cm³/mol. The quantitative estimate of drug-likeness (QED) is 0.123. The number of benzene rings is 2. The number of H-pyrrole nitrogens is 2. The minimum absolute atomic E-state index is 0.133. The standard InChI is InChI=1S/C41H53N9O7/c1-23(55-4)35(42)39(51)49-15-7-9-31(49)37-43-21-29(45-37)25-11-13-27-28-14-12-26(20-34(28)48(17-18-54-3)33(27)19-25)30-22-44-38(46-30)32-10-8-16-50(32)40(52)36(24(2)56-5)47-41(53)57-6/h11-14,19-24,31-32,35-36H,7-10,15-18,42H2,1-6H3,(H,43,45)(H,44,46)(H,47,53)/t23-,24-,31+,32+,35+,36+/m1/s1. The van der Waals surface area contributed by atoms with Crippen molar-refractivity contribution in [3.63, 3.8) is 0 Å². The lowest BCUT2D eigenvalue weighted by molar-refractivity contribution is -0.138. The zero-order valence-corrected chi connectivity index (χ0v) is 33.4. The summed E-state index contributed by atoms with van der Waals surface area (Å²) in [6, 6.07) is 10.6. The Morgan fingerprint density at radius 1 is 0.807 bits per heavy atom. The number of amides is 3. The number of likely N-dealkylation sites (tertiary alicyclic amines) is 2. The zero-order chi connectivity index (χ0) is 40.4. The molecule has 0 aliphatic carbocycles. The number of imidazole rings is 2. The number of hydrogen-bond donors (Lipinski definition) is 4. The molecule has 5 N–H and O–H groups in total. The van der Waals surface area contributed by atoms with Gasteiger partial charge in [-0.3, -0.25) is 9.59 Å². The minimum atomic E-state index is -0.909. The molecule has 2 aliphatic heterocycles. The van der Waals surface area contributed by atoms with E-state index in [2.05, 4.69) is 56.3 Å². The molecule has 2 fully saturated rings. The molecule has 16 heteroatoms. The molecule has 3 aromatic heterocycles. The summed E-state index contributed by atoms with van der Waals surface area (Å²) in [5.41, 5.74) is 12.0. The molecule has 6 atom stereocenters. The summed E-state index contributed by atoms with van der Waals surface area (Å²) in [5.74, 6) is 1.03. The first-order valence-electron chi connectivity index (χ1n) is 19.5. The van der Waals surface area contributed by atoms with Gasteiger partial charge in [0.1, 0.15) is 23.7 Å². The number of nitrogens with zero attached hydrogens (tertiary/aromatic N) is 5. The van der Waals surface area contributed by atoms with Crippen molar-refractivity contribution in [3.05, 3.63) is 60.4 Å². The molecule has 5 heterocycles. The largest absolute Gasteiger partial charge is 0.453 e. The number of alkyl carbamates (subject to hydrolysis) is 1. The SMILES string of the molecule is COCCn1c2cc(-c3cnc([C@@H]4CCCN4C(=O)[C@@H](N)[C@@H](C)OC)[nH]3)ccc2c2ccc(-c3cnc([C@@H]4CCCN4C(=O)[C@@H](NC(=O)OC)[C@@H](C)OC)[nH]3)cc21. The Bertz CT molecular complexity index is 2230. The van der Waals surface area contributed by atoms with Crippen LogP contribution in [0.1, 0.15) is 63.3 Å². The average Bonchev–Trinajstić information content (AvgIpc) is 4.09. The lowest BCUT2D eigenvalue weighted by Gasteiger charge is -2.30.